The van der Waals surface area contributed by atoms with Crippen LogP contribution in [0.5, 0.6) is 0 Å². The third-order valence-corrected chi connectivity index (χ3v) is 5.88. The summed E-state index contributed by atoms with van der Waals surface area (Å²) in [7, 11) is -9.03. The van der Waals surface area contributed by atoms with Gasteiger partial charge in [0.15, 0.2) is 0 Å². The van der Waals surface area contributed by atoms with Crippen molar-refractivity contribution in [2.45, 2.75) is 43.0 Å². The van der Waals surface area contributed by atoms with Crippen molar-refractivity contribution in [1.29, 1.82) is 0 Å². The van der Waals surface area contributed by atoms with Crippen LogP contribution in [0.2, 0.25) is 0 Å². The van der Waals surface area contributed by atoms with Gasteiger partial charge in [-0.15, -0.1) is 0 Å². The molecule has 2 aromatic rings. The molecule has 0 radical (unpaired) electrons. The van der Waals surface area contributed by atoms with Crippen LogP contribution < -0.4 is 10.6 Å². The zero-order chi connectivity index (χ0) is 22.5. The first-order chi connectivity index (χ1) is 13.9. The van der Waals surface area contributed by atoms with Crippen LogP contribution in [0.15, 0.2) is 46.2 Å². The molecular weight excluding hydrogens is 428 g/mol. The van der Waals surface area contributed by atoms with Gasteiger partial charge < -0.3 is 10.6 Å². The summed E-state index contributed by atoms with van der Waals surface area (Å²) in [4.78, 5) is -0.634. The van der Waals surface area contributed by atoms with E-state index in [1.165, 1.54) is 36.4 Å². The summed E-state index contributed by atoms with van der Waals surface area (Å²) in [6.07, 6.45) is 3.57. The highest BCUT2D eigenvalue weighted by Crippen LogP contribution is 2.26. The Morgan fingerprint density at radius 3 is 1.77 bits per heavy atom. The Labute approximate surface area is 177 Å². The fraction of sp³-hybridized carbons (Fsp3) is 0.300. The summed E-state index contributed by atoms with van der Waals surface area (Å²) < 4.78 is 66.5. The molecule has 164 valence electrons. The smallest absolute Gasteiger partial charge is 0.295 e. The highest BCUT2D eigenvalue weighted by atomic mass is 32.2. The summed E-state index contributed by atoms with van der Waals surface area (Å²) in [6.45, 7) is 6.37. The fourth-order valence-corrected chi connectivity index (χ4v) is 4.19. The first-order valence-corrected chi connectivity index (χ1v) is 12.2. The summed E-state index contributed by atoms with van der Waals surface area (Å²) in [5.74, 6) is 0. The standard InChI is InChI=1S/C20H26N2O6S2/c1-4-11-21-17-9-7-15(19(12-17)29(23,24)25)5-6-16-8-10-18(22-14(2)3)13-20(16)30(26,27)28/h5-10,12-14,21-22H,4,11H2,1-3H3,(H,23,24,25)(H,26,27,28)/b6-5+. The maximum absolute atomic E-state index is 11.8. The highest BCUT2D eigenvalue weighted by molar-refractivity contribution is 7.86. The van der Waals surface area contributed by atoms with E-state index in [9.17, 15) is 25.9 Å². The zero-order valence-electron chi connectivity index (χ0n) is 17.0. The van der Waals surface area contributed by atoms with Gasteiger partial charge in [0.25, 0.3) is 20.2 Å². The molecular formula is C20H26N2O6S2. The average Bonchev–Trinajstić information content (AvgIpc) is 2.63. The molecule has 0 amide bonds. The van der Waals surface area contributed by atoms with Gasteiger partial charge in [-0.3, -0.25) is 9.11 Å². The molecule has 0 aromatic heterocycles. The Hall–Kier alpha value is -2.40. The van der Waals surface area contributed by atoms with Gasteiger partial charge in [-0.05, 0) is 55.7 Å². The van der Waals surface area contributed by atoms with Crippen LogP contribution in [-0.2, 0) is 20.2 Å². The van der Waals surface area contributed by atoms with E-state index in [-0.39, 0.29) is 27.0 Å². The molecule has 0 aliphatic rings. The first-order valence-electron chi connectivity index (χ1n) is 9.33. The minimum absolute atomic E-state index is 0.0535. The lowest BCUT2D eigenvalue weighted by Crippen LogP contribution is -2.11. The Bertz CT molecular complexity index is 1140. The number of nitrogens with one attached hydrogen (secondary N) is 2. The second-order valence-electron chi connectivity index (χ2n) is 7.01. The van der Waals surface area contributed by atoms with Gasteiger partial charge in [0, 0.05) is 24.0 Å². The van der Waals surface area contributed by atoms with E-state index in [2.05, 4.69) is 10.6 Å². The van der Waals surface area contributed by atoms with Crippen molar-refractivity contribution < 1.29 is 25.9 Å². The minimum Gasteiger partial charge on any atom is -0.385 e. The predicted molar refractivity (Wildman–Crippen MR) is 119 cm³/mol. The van der Waals surface area contributed by atoms with Crippen molar-refractivity contribution in [3.63, 3.8) is 0 Å². The number of hydrogen-bond donors (Lipinski definition) is 4. The van der Waals surface area contributed by atoms with Crippen LogP contribution in [0.1, 0.15) is 38.3 Å². The van der Waals surface area contributed by atoms with Gasteiger partial charge in [0.1, 0.15) is 9.79 Å². The molecule has 0 unspecified atom stereocenters. The van der Waals surface area contributed by atoms with Crippen molar-refractivity contribution in [3.8, 4) is 0 Å². The maximum atomic E-state index is 11.8. The molecule has 0 fully saturated rings. The number of rotatable bonds is 9. The molecule has 4 N–H and O–H groups in total. The molecule has 8 nitrogen and oxygen atoms in total. The van der Waals surface area contributed by atoms with Gasteiger partial charge in [-0.2, -0.15) is 16.8 Å². The van der Waals surface area contributed by atoms with E-state index < -0.39 is 20.2 Å². The van der Waals surface area contributed by atoms with Crippen LogP contribution in [0.25, 0.3) is 12.2 Å². The molecule has 10 heteroatoms. The Morgan fingerprint density at radius 2 is 1.33 bits per heavy atom. The lowest BCUT2D eigenvalue weighted by molar-refractivity contribution is 0.480. The molecule has 0 saturated carbocycles. The molecule has 0 atom stereocenters. The molecule has 0 heterocycles. The fourth-order valence-electron chi connectivity index (χ4n) is 2.77. The lowest BCUT2D eigenvalue weighted by Gasteiger charge is -2.12. The summed E-state index contributed by atoms with van der Waals surface area (Å²) in [6, 6.07) is 8.96. The SMILES string of the molecule is CCCNc1ccc(/C=C/c2ccc(NC(C)C)cc2S(=O)(=O)O)c(S(=O)(=O)O)c1. The summed E-state index contributed by atoms with van der Waals surface area (Å²) in [5.41, 5.74) is 1.38. The second-order valence-corrected chi connectivity index (χ2v) is 9.79. The van der Waals surface area contributed by atoms with Crippen molar-refractivity contribution in [1.82, 2.24) is 0 Å². The van der Waals surface area contributed by atoms with Crippen molar-refractivity contribution in [3.05, 3.63) is 47.5 Å². The molecule has 0 bridgehead atoms. The van der Waals surface area contributed by atoms with Crippen molar-refractivity contribution in [2.24, 2.45) is 0 Å². The highest BCUT2D eigenvalue weighted by Gasteiger charge is 2.17. The van der Waals surface area contributed by atoms with Gasteiger partial charge in [-0.25, -0.2) is 0 Å². The number of hydrogen-bond acceptors (Lipinski definition) is 6. The monoisotopic (exact) mass is 454 g/mol. The number of anilines is 2. The third kappa shape index (κ3) is 6.56. The Morgan fingerprint density at radius 1 is 0.867 bits per heavy atom. The average molecular weight is 455 g/mol. The Kier molecular flexibility index (Phi) is 7.64. The molecule has 2 aromatic carbocycles. The Balaban J connectivity index is 2.51. The van der Waals surface area contributed by atoms with E-state index in [0.717, 1.165) is 6.42 Å². The summed E-state index contributed by atoms with van der Waals surface area (Å²) >= 11 is 0. The number of benzene rings is 2. The van der Waals surface area contributed by atoms with Crippen LogP contribution >= 0.6 is 0 Å². The van der Waals surface area contributed by atoms with E-state index in [4.69, 9.17) is 0 Å². The third-order valence-electron chi connectivity index (χ3n) is 4.06. The van der Waals surface area contributed by atoms with Crippen LogP contribution in [-0.4, -0.2) is 38.5 Å². The van der Waals surface area contributed by atoms with Crippen molar-refractivity contribution in [2.75, 3.05) is 17.2 Å². The zero-order valence-corrected chi connectivity index (χ0v) is 18.6. The minimum atomic E-state index is -4.52. The molecule has 0 saturated heterocycles. The van der Waals surface area contributed by atoms with Crippen LogP contribution in [0.4, 0.5) is 11.4 Å². The van der Waals surface area contributed by atoms with Gasteiger partial charge in [0.05, 0.1) is 0 Å². The molecule has 2 rings (SSSR count). The molecule has 0 spiro atoms. The van der Waals surface area contributed by atoms with Crippen molar-refractivity contribution >= 4 is 43.8 Å². The molecule has 0 aliphatic carbocycles. The lowest BCUT2D eigenvalue weighted by atomic mass is 10.1. The summed E-state index contributed by atoms with van der Waals surface area (Å²) in [5, 5.41) is 6.09. The first kappa shape index (κ1) is 23.9. The largest absolute Gasteiger partial charge is 0.385 e. The van der Waals surface area contributed by atoms with Crippen LogP contribution in [0.3, 0.4) is 0 Å². The second kappa shape index (κ2) is 9.61. The normalized spacial score (nSPS) is 12.5. The molecule has 30 heavy (non-hydrogen) atoms. The van der Waals surface area contributed by atoms with Gasteiger partial charge >= 0.3 is 0 Å². The van der Waals surface area contributed by atoms with E-state index in [1.54, 1.807) is 12.1 Å². The predicted octanol–water partition coefficient (Wildman–Crippen LogP) is 3.99. The van der Waals surface area contributed by atoms with E-state index in [1.807, 2.05) is 20.8 Å². The topological polar surface area (TPSA) is 133 Å². The van der Waals surface area contributed by atoms with Crippen LogP contribution in [0, 0.1) is 0 Å². The maximum Gasteiger partial charge on any atom is 0.295 e. The van der Waals surface area contributed by atoms with Gasteiger partial charge in [-0.1, -0.05) is 31.2 Å². The van der Waals surface area contributed by atoms with E-state index >= 15 is 0 Å². The quantitative estimate of drug-likeness (QED) is 0.330. The van der Waals surface area contributed by atoms with E-state index in [0.29, 0.717) is 17.9 Å². The van der Waals surface area contributed by atoms with Gasteiger partial charge in [0.2, 0.25) is 0 Å². The molecule has 0 aliphatic heterocycles.